The van der Waals surface area contributed by atoms with E-state index in [-0.39, 0.29) is 0 Å². The van der Waals surface area contributed by atoms with Gasteiger partial charge in [0.2, 0.25) is 0 Å². The molecule has 1 atom stereocenters. The minimum absolute atomic E-state index is 0.951. The smallest absolute Gasteiger partial charge is 0.173 e. The van der Waals surface area contributed by atoms with E-state index >= 15 is 0 Å². The van der Waals surface area contributed by atoms with Crippen LogP contribution in [0.1, 0.15) is 97.3 Å². The highest BCUT2D eigenvalue weighted by molar-refractivity contribution is 4.71. The highest BCUT2D eigenvalue weighted by atomic mass is 15.1. The zero-order valence-corrected chi connectivity index (χ0v) is 17.4. The van der Waals surface area contributed by atoms with E-state index in [0.29, 0.717) is 0 Å². The molecule has 5 nitrogen and oxygen atoms in total. The van der Waals surface area contributed by atoms with Gasteiger partial charge in [0, 0.05) is 6.54 Å². The summed E-state index contributed by atoms with van der Waals surface area (Å²) in [7, 11) is 0. The first kappa shape index (κ1) is 26.8. The molecule has 1 aliphatic heterocycles. The lowest BCUT2D eigenvalue weighted by atomic mass is 10.1. The van der Waals surface area contributed by atoms with E-state index < -0.39 is 0 Å². The average molecular weight is 366 g/mol. The second-order valence-corrected chi connectivity index (χ2v) is 7.34. The van der Waals surface area contributed by atoms with Crippen molar-refractivity contribution in [1.29, 1.82) is 10.5 Å². The molecule has 0 aromatic carbocycles. The molecule has 1 rings (SSSR count). The van der Waals surface area contributed by atoms with E-state index in [4.69, 9.17) is 10.5 Å². The summed E-state index contributed by atoms with van der Waals surface area (Å²) in [6, 6.07) is 0. The molecule has 0 spiro atoms. The summed E-state index contributed by atoms with van der Waals surface area (Å²) in [5, 5.41) is 14.2. The molecule has 4 N–H and O–H groups in total. The highest BCUT2D eigenvalue weighted by Crippen LogP contribution is 2.16. The Labute approximate surface area is 162 Å². The molecule has 152 valence electrons. The van der Waals surface area contributed by atoms with Crippen molar-refractivity contribution >= 4 is 0 Å². The fraction of sp³-hybridized carbons (Fsp3) is 0.905. The molecule has 0 bridgehead atoms. The number of unbranched alkanes of at least 4 members (excludes halogenated alkanes) is 11. The van der Waals surface area contributed by atoms with E-state index in [1.807, 2.05) is 0 Å². The molecule has 1 unspecified atom stereocenters. The second kappa shape index (κ2) is 23.5. The Bertz CT molecular complexity index is 333. The second-order valence-electron chi connectivity index (χ2n) is 7.34. The third-order valence-electron chi connectivity index (χ3n) is 4.84. The Morgan fingerprint density at radius 1 is 0.808 bits per heavy atom. The lowest BCUT2D eigenvalue weighted by Crippen LogP contribution is -2.21. The molecule has 26 heavy (non-hydrogen) atoms. The van der Waals surface area contributed by atoms with Crippen molar-refractivity contribution in [2.24, 2.45) is 17.4 Å². The fourth-order valence-corrected chi connectivity index (χ4v) is 3.41. The molecule has 1 heterocycles. The quantitative estimate of drug-likeness (QED) is 0.275. The van der Waals surface area contributed by atoms with Crippen molar-refractivity contribution < 1.29 is 0 Å². The topological polar surface area (TPSA) is 103 Å². The van der Waals surface area contributed by atoms with Gasteiger partial charge in [0.1, 0.15) is 0 Å². The summed E-state index contributed by atoms with van der Waals surface area (Å²) in [6.07, 6.45) is 21.4. The van der Waals surface area contributed by atoms with E-state index in [0.717, 1.165) is 5.92 Å². The predicted molar refractivity (Wildman–Crippen MR) is 111 cm³/mol. The highest BCUT2D eigenvalue weighted by Gasteiger charge is 2.17. The van der Waals surface area contributed by atoms with Gasteiger partial charge in [-0.3, -0.25) is 0 Å². The zero-order valence-electron chi connectivity index (χ0n) is 17.4. The van der Waals surface area contributed by atoms with Crippen molar-refractivity contribution in [2.75, 3.05) is 19.6 Å². The number of hydrogen-bond acceptors (Lipinski definition) is 5. The Hall–Kier alpha value is -1.46. The standard InChI is InChI=1S/C19H39N.2CH2N2/c1-3-4-5-6-7-8-9-10-11-12-13-14-16-20-17-15-19(2)18-20;2*2-1-3/h19H,3-18H2,1-2H3;2*2H2. The van der Waals surface area contributed by atoms with Gasteiger partial charge in [-0.1, -0.05) is 84.5 Å². The van der Waals surface area contributed by atoms with Gasteiger partial charge >= 0.3 is 0 Å². The van der Waals surface area contributed by atoms with Crippen LogP contribution >= 0.6 is 0 Å². The molecule has 0 aromatic rings. The van der Waals surface area contributed by atoms with Gasteiger partial charge in [-0.05, 0) is 31.8 Å². The molecule has 0 amide bonds. The number of nitriles is 2. The van der Waals surface area contributed by atoms with Crippen molar-refractivity contribution in [3.8, 4) is 12.4 Å². The van der Waals surface area contributed by atoms with Crippen molar-refractivity contribution in [3.05, 3.63) is 0 Å². The van der Waals surface area contributed by atoms with Gasteiger partial charge in [-0.15, -0.1) is 0 Å². The molecule has 0 aromatic heterocycles. The number of rotatable bonds is 13. The predicted octanol–water partition coefficient (Wildman–Crippen LogP) is 4.88. The summed E-state index contributed by atoms with van der Waals surface area (Å²) < 4.78 is 0. The molecular weight excluding hydrogens is 322 g/mol. The largest absolute Gasteiger partial charge is 0.337 e. The number of nitrogens with two attached hydrogens (primary N) is 2. The average Bonchev–Trinajstić information content (AvgIpc) is 3.03. The summed E-state index contributed by atoms with van der Waals surface area (Å²) >= 11 is 0. The SMILES string of the molecule is CCCCCCCCCCCCCCN1CCC(C)C1.N#CN.N#CN. The molecule has 0 saturated carbocycles. The van der Waals surface area contributed by atoms with E-state index in [2.05, 4.69) is 30.2 Å². The lowest BCUT2D eigenvalue weighted by molar-refractivity contribution is 0.317. The van der Waals surface area contributed by atoms with Crippen molar-refractivity contribution in [1.82, 2.24) is 4.90 Å². The third-order valence-corrected chi connectivity index (χ3v) is 4.84. The van der Waals surface area contributed by atoms with Gasteiger partial charge in [-0.25, -0.2) is 0 Å². The van der Waals surface area contributed by atoms with Crippen molar-refractivity contribution in [2.45, 2.75) is 97.3 Å². The number of nitrogens with zero attached hydrogens (tertiary/aromatic N) is 3. The van der Waals surface area contributed by atoms with Crippen LogP contribution in [0.25, 0.3) is 0 Å². The summed E-state index contributed by atoms with van der Waals surface area (Å²) in [6.45, 7) is 8.77. The molecule has 0 radical (unpaired) electrons. The fourth-order valence-electron chi connectivity index (χ4n) is 3.41. The Morgan fingerprint density at radius 2 is 1.19 bits per heavy atom. The molecule has 1 saturated heterocycles. The molecule has 0 aliphatic carbocycles. The maximum absolute atomic E-state index is 7.10. The van der Waals surface area contributed by atoms with Crippen LogP contribution in [0.3, 0.4) is 0 Å². The van der Waals surface area contributed by atoms with Crippen LogP contribution in [-0.4, -0.2) is 24.5 Å². The number of hydrogen-bond donors (Lipinski definition) is 2. The minimum atomic E-state index is 0.951. The normalized spacial score (nSPS) is 15.8. The molecule has 1 aliphatic rings. The van der Waals surface area contributed by atoms with E-state index in [9.17, 15) is 0 Å². The van der Waals surface area contributed by atoms with Crippen LogP contribution in [0.4, 0.5) is 0 Å². The third kappa shape index (κ3) is 22.5. The number of likely N-dealkylation sites (tertiary alicyclic amines) is 1. The molecule has 1 fully saturated rings. The summed E-state index contributed by atoms with van der Waals surface area (Å²) in [5.41, 5.74) is 8.31. The van der Waals surface area contributed by atoms with Crippen LogP contribution in [0.2, 0.25) is 0 Å². The Kier molecular flexibility index (Phi) is 24.2. The maximum atomic E-state index is 7.10. The summed E-state index contributed by atoms with van der Waals surface area (Å²) in [5.74, 6) is 0.951. The molecule has 5 heteroatoms. The van der Waals surface area contributed by atoms with E-state index in [1.165, 1.54) is 115 Å². The van der Waals surface area contributed by atoms with Crippen molar-refractivity contribution in [3.63, 3.8) is 0 Å². The first-order chi connectivity index (χ1) is 12.7. The Morgan fingerprint density at radius 3 is 1.54 bits per heavy atom. The van der Waals surface area contributed by atoms with Gasteiger partial charge in [0.15, 0.2) is 12.4 Å². The van der Waals surface area contributed by atoms with Crippen LogP contribution in [-0.2, 0) is 0 Å². The summed E-state index contributed by atoms with van der Waals surface area (Å²) in [4.78, 5) is 2.67. The minimum Gasteiger partial charge on any atom is -0.337 e. The van der Waals surface area contributed by atoms with Crippen LogP contribution in [0.5, 0.6) is 0 Å². The first-order valence-electron chi connectivity index (χ1n) is 10.6. The lowest BCUT2D eigenvalue weighted by Gasteiger charge is -2.14. The Balaban J connectivity index is 0. The first-order valence-corrected chi connectivity index (χ1v) is 10.6. The van der Waals surface area contributed by atoms with E-state index in [1.54, 1.807) is 0 Å². The molecular formula is C21H43N5. The van der Waals surface area contributed by atoms with Crippen LogP contribution in [0.15, 0.2) is 0 Å². The van der Waals surface area contributed by atoms with Crippen LogP contribution < -0.4 is 11.5 Å². The monoisotopic (exact) mass is 365 g/mol. The maximum Gasteiger partial charge on any atom is 0.173 e. The van der Waals surface area contributed by atoms with Gasteiger partial charge in [0.05, 0.1) is 0 Å². The van der Waals surface area contributed by atoms with Gasteiger partial charge in [-0.2, -0.15) is 10.5 Å². The van der Waals surface area contributed by atoms with Gasteiger partial charge in [0.25, 0.3) is 0 Å². The van der Waals surface area contributed by atoms with Gasteiger partial charge < -0.3 is 16.4 Å². The zero-order chi connectivity index (χ0) is 19.9. The van der Waals surface area contributed by atoms with Crippen LogP contribution in [0, 0.1) is 28.8 Å².